The van der Waals surface area contributed by atoms with Gasteiger partial charge in [-0.2, -0.15) is 0 Å². The average molecular weight is 431 g/mol. The van der Waals surface area contributed by atoms with Crippen molar-refractivity contribution in [1.29, 1.82) is 0 Å². The molecule has 0 aliphatic carbocycles. The average Bonchev–Trinajstić information content (AvgIpc) is 3.43. The van der Waals surface area contributed by atoms with Crippen LogP contribution >= 0.6 is 0 Å². The Bertz CT molecular complexity index is 1070. The number of nitrogens with zero attached hydrogens (tertiary/aromatic N) is 1. The molecule has 1 aromatic heterocycles. The number of hydrogen-bond donors (Lipinski definition) is 1. The molecule has 1 fully saturated rings. The van der Waals surface area contributed by atoms with Crippen LogP contribution in [-0.4, -0.2) is 31.7 Å². The summed E-state index contributed by atoms with van der Waals surface area (Å²) in [4.78, 5) is 15.6. The Labute approximate surface area is 189 Å². The molecule has 2 aromatic carbocycles. The lowest BCUT2D eigenvalue weighted by Gasteiger charge is -2.38. The smallest absolute Gasteiger partial charge is 0.254 e. The van der Waals surface area contributed by atoms with Crippen molar-refractivity contribution in [3.05, 3.63) is 89.4 Å². The van der Waals surface area contributed by atoms with Crippen LogP contribution < -0.4 is 10.2 Å². The molecule has 2 aliphatic heterocycles. The minimum atomic E-state index is -0.0958. The van der Waals surface area contributed by atoms with Crippen LogP contribution in [0, 0.1) is 0 Å². The Hall–Kier alpha value is -3.05. The highest BCUT2D eigenvalue weighted by atomic mass is 16.5. The molecule has 0 bridgehead atoms. The lowest BCUT2D eigenvalue weighted by molar-refractivity contribution is 0.0487. The number of carbonyl (C=O) groups is 1. The molecule has 1 atom stereocenters. The zero-order valence-corrected chi connectivity index (χ0v) is 18.5. The van der Waals surface area contributed by atoms with Crippen molar-refractivity contribution in [2.75, 3.05) is 24.7 Å². The van der Waals surface area contributed by atoms with Gasteiger partial charge in [-0.15, -0.1) is 0 Å². The second-order valence-electron chi connectivity index (χ2n) is 9.01. The second-order valence-corrected chi connectivity index (χ2v) is 9.01. The first-order valence-electron chi connectivity index (χ1n) is 11.5. The maximum atomic E-state index is 13.2. The SMILES string of the molecule is CC1Cc2ccccc2N1Cc1occc1C(=O)NCC1(c2ccccc2)CCOCC1. The van der Waals surface area contributed by atoms with Crippen LogP contribution in [0.5, 0.6) is 0 Å². The summed E-state index contributed by atoms with van der Waals surface area (Å²) >= 11 is 0. The van der Waals surface area contributed by atoms with Crippen molar-refractivity contribution in [2.45, 2.75) is 44.2 Å². The van der Waals surface area contributed by atoms with Crippen molar-refractivity contribution in [2.24, 2.45) is 0 Å². The standard InChI is InChI=1S/C27H30N2O3/c1-20-17-21-7-5-6-10-24(21)29(20)18-25-23(11-14-32-25)26(30)28-19-27(12-15-31-16-13-27)22-8-3-2-4-9-22/h2-11,14,20H,12-13,15-19H2,1H3,(H,28,30). The zero-order chi connectivity index (χ0) is 22.0. The van der Waals surface area contributed by atoms with Crippen molar-refractivity contribution in [3.63, 3.8) is 0 Å². The molecule has 32 heavy (non-hydrogen) atoms. The van der Waals surface area contributed by atoms with Crippen molar-refractivity contribution >= 4 is 11.6 Å². The van der Waals surface area contributed by atoms with Gasteiger partial charge in [-0.3, -0.25) is 4.79 Å². The molecule has 0 saturated carbocycles. The molecular weight excluding hydrogens is 400 g/mol. The molecule has 0 radical (unpaired) electrons. The summed E-state index contributed by atoms with van der Waals surface area (Å²) in [7, 11) is 0. The normalized spacial score (nSPS) is 19.5. The highest BCUT2D eigenvalue weighted by molar-refractivity contribution is 5.95. The Morgan fingerprint density at radius 2 is 1.81 bits per heavy atom. The molecule has 3 heterocycles. The predicted molar refractivity (Wildman–Crippen MR) is 125 cm³/mol. The van der Waals surface area contributed by atoms with Gasteiger partial charge in [-0.25, -0.2) is 0 Å². The Morgan fingerprint density at radius 3 is 2.62 bits per heavy atom. The molecule has 1 N–H and O–H groups in total. The van der Waals surface area contributed by atoms with Crippen molar-refractivity contribution in [1.82, 2.24) is 5.32 Å². The van der Waals surface area contributed by atoms with E-state index in [1.54, 1.807) is 12.3 Å². The van der Waals surface area contributed by atoms with E-state index in [-0.39, 0.29) is 11.3 Å². The molecule has 2 aliphatic rings. The maximum absolute atomic E-state index is 13.2. The highest BCUT2D eigenvalue weighted by Crippen LogP contribution is 2.35. The number of rotatable bonds is 6. The lowest BCUT2D eigenvalue weighted by Crippen LogP contribution is -2.44. The topological polar surface area (TPSA) is 54.7 Å². The molecule has 5 heteroatoms. The van der Waals surface area contributed by atoms with Crippen LogP contribution in [0.3, 0.4) is 0 Å². The van der Waals surface area contributed by atoms with Crippen molar-refractivity contribution < 1.29 is 13.9 Å². The van der Waals surface area contributed by atoms with Gasteiger partial charge in [0, 0.05) is 36.9 Å². The lowest BCUT2D eigenvalue weighted by atomic mass is 9.74. The molecule has 5 rings (SSSR count). The summed E-state index contributed by atoms with van der Waals surface area (Å²) in [5.74, 6) is 0.641. The minimum absolute atomic E-state index is 0.0734. The van der Waals surface area contributed by atoms with Crippen LogP contribution in [0.1, 0.15) is 47.0 Å². The number of amides is 1. The van der Waals surface area contributed by atoms with E-state index in [9.17, 15) is 4.79 Å². The number of para-hydroxylation sites is 1. The molecule has 1 unspecified atom stereocenters. The van der Waals surface area contributed by atoms with Gasteiger partial charge >= 0.3 is 0 Å². The van der Waals surface area contributed by atoms with E-state index in [4.69, 9.17) is 9.15 Å². The number of anilines is 1. The Kier molecular flexibility index (Phi) is 5.75. The number of carbonyl (C=O) groups excluding carboxylic acids is 1. The molecular formula is C27H30N2O3. The largest absolute Gasteiger partial charge is 0.467 e. The quantitative estimate of drug-likeness (QED) is 0.615. The fraction of sp³-hybridized carbons (Fsp3) is 0.370. The molecule has 1 amide bonds. The summed E-state index contributed by atoms with van der Waals surface area (Å²) in [6.07, 6.45) is 4.44. The van der Waals surface area contributed by atoms with Gasteiger partial charge in [0.1, 0.15) is 5.76 Å². The Balaban J connectivity index is 1.32. The zero-order valence-electron chi connectivity index (χ0n) is 18.5. The molecule has 1 saturated heterocycles. The minimum Gasteiger partial charge on any atom is -0.467 e. The van der Waals surface area contributed by atoms with Gasteiger partial charge in [0.2, 0.25) is 0 Å². The Morgan fingerprint density at radius 1 is 1.06 bits per heavy atom. The van der Waals surface area contributed by atoms with E-state index in [2.05, 4.69) is 65.7 Å². The second kappa shape index (κ2) is 8.83. The highest BCUT2D eigenvalue weighted by Gasteiger charge is 2.35. The summed E-state index contributed by atoms with van der Waals surface area (Å²) < 4.78 is 11.4. The van der Waals surface area contributed by atoms with E-state index < -0.39 is 0 Å². The molecule has 166 valence electrons. The third kappa shape index (κ3) is 3.93. The third-order valence-corrected chi connectivity index (χ3v) is 7.08. The van der Waals surface area contributed by atoms with Gasteiger partial charge in [-0.1, -0.05) is 48.5 Å². The third-order valence-electron chi connectivity index (χ3n) is 7.08. The van der Waals surface area contributed by atoms with Crippen LogP contribution in [0.25, 0.3) is 0 Å². The van der Waals surface area contributed by atoms with Crippen LogP contribution in [-0.2, 0) is 23.1 Å². The van der Waals surface area contributed by atoms with Crippen molar-refractivity contribution in [3.8, 4) is 0 Å². The van der Waals surface area contributed by atoms with Gasteiger partial charge < -0.3 is 19.4 Å². The summed E-state index contributed by atoms with van der Waals surface area (Å²) in [6.45, 7) is 4.83. The molecule has 3 aromatic rings. The van der Waals surface area contributed by atoms with E-state index in [1.807, 2.05) is 6.07 Å². The van der Waals surface area contributed by atoms with E-state index >= 15 is 0 Å². The summed E-state index contributed by atoms with van der Waals surface area (Å²) in [6, 6.07) is 21.1. The number of nitrogens with one attached hydrogen (secondary N) is 1. The van der Waals surface area contributed by atoms with Gasteiger partial charge in [0.25, 0.3) is 5.91 Å². The first-order chi connectivity index (χ1) is 15.7. The van der Waals surface area contributed by atoms with Gasteiger partial charge in [0.15, 0.2) is 0 Å². The summed E-state index contributed by atoms with van der Waals surface area (Å²) in [5.41, 5.74) is 4.37. The van der Waals surface area contributed by atoms with Crippen LogP contribution in [0.2, 0.25) is 0 Å². The first-order valence-corrected chi connectivity index (χ1v) is 11.5. The number of ether oxygens (including phenoxy) is 1. The summed E-state index contributed by atoms with van der Waals surface area (Å²) in [5, 5.41) is 3.22. The number of hydrogen-bond acceptors (Lipinski definition) is 4. The van der Waals surface area contributed by atoms with E-state index in [0.717, 1.165) is 19.3 Å². The molecule has 0 spiro atoms. The molecule has 5 nitrogen and oxygen atoms in total. The fourth-order valence-electron chi connectivity index (χ4n) is 5.16. The van der Waals surface area contributed by atoms with E-state index in [1.165, 1.54) is 16.8 Å². The predicted octanol–water partition coefficient (Wildman–Crippen LogP) is 4.71. The van der Waals surface area contributed by atoms with Gasteiger partial charge in [-0.05, 0) is 49.4 Å². The number of benzene rings is 2. The number of fused-ring (bicyclic) bond motifs is 1. The van der Waals surface area contributed by atoms with Crippen LogP contribution in [0.15, 0.2) is 71.3 Å². The number of furan rings is 1. The van der Waals surface area contributed by atoms with Crippen LogP contribution in [0.4, 0.5) is 5.69 Å². The first kappa shape index (κ1) is 20.8. The monoisotopic (exact) mass is 430 g/mol. The maximum Gasteiger partial charge on any atom is 0.254 e. The fourth-order valence-corrected chi connectivity index (χ4v) is 5.16. The van der Waals surface area contributed by atoms with E-state index in [0.29, 0.717) is 43.7 Å². The van der Waals surface area contributed by atoms with Gasteiger partial charge in [0.05, 0.1) is 18.4 Å².